The number of aromatic amines is 1. The Labute approximate surface area is 260 Å². The van der Waals surface area contributed by atoms with Gasteiger partial charge in [0.2, 0.25) is 15.9 Å². The average molecular weight is 643 g/mol. The first-order valence-electron chi connectivity index (χ1n) is 15.0. The van der Waals surface area contributed by atoms with Crippen molar-refractivity contribution in [3.05, 3.63) is 64.9 Å². The topological polar surface area (TPSA) is 143 Å². The van der Waals surface area contributed by atoms with Gasteiger partial charge in [0.25, 0.3) is 5.91 Å². The highest BCUT2D eigenvalue weighted by atomic mass is 32.2. The number of sulfonamides is 1. The van der Waals surface area contributed by atoms with Crippen LogP contribution in [-0.2, 0) is 27.8 Å². The van der Waals surface area contributed by atoms with Gasteiger partial charge in [0.15, 0.2) is 5.82 Å². The molecule has 2 fully saturated rings. The zero-order chi connectivity index (χ0) is 31.7. The minimum Gasteiger partial charge on any atom is -0.369 e. The SMILES string of the molecule is CN1CCN(c2ccc(C(=O)Nc3n[nH]c4c3CN(S(=O)(=O)c3cc(F)cc(F)c3)CC4)c(NC(=O)C3CCCNC3)c2)CC1. The van der Waals surface area contributed by atoms with Gasteiger partial charge in [-0.25, -0.2) is 17.2 Å². The summed E-state index contributed by atoms with van der Waals surface area (Å²) in [5.41, 5.74) is 2.59. The Bertz CT molecular complexity index is 1680. The molecule has 4 N–H and O–H groups in total. The van der Waals surface area contributed by atoms with Crippen LogP contribution in [0.25, 0.3) is 0 Å². The van der Waals surface area contributed by atoms with Gasteiger partial charge in [-0.1, -0.05) is 0 Å². The largest absolute Gasteiger partial charge is 0.369 e. The maximum Gasteiger partial charge on any atom is 0.258 e. The van der Waals surface area contributed by atoms with E-state index in [2.05, 4.69) is 43.0 Å². The summed E-state index contributed by atoms with van der Waals surface area (Å²) in [6.07, 6.45) is 1.89. The van der Waals surface area contributed by atoms with E-state index in [0.717, 1.165) is 67.7 Å². The summed E-state index contributed by atoms with van der Waals surface area (Å²) in [5, 5.41) is 16.1. The lowest BCUT2D eigenvalue weighted by atomic mass is 9.98. The van der Waals surface area contributed by atoms with Crippen LogP contribution >= 0.6 is 0 Å². The summed E-state index contributed by atoms with van der Waals surface area (Å²) in [6.45, 7) is 4.72. The molecule has 1 atom stereocenters. The fourth-order valence-electron chi connectivity index (χ4n) is 5.99. The maximum absolute atomic E-state index is 13.8. The average Bonchev–Trinajstić information content (AvgIpc) is 3.43. The van der Waals surface area contributed by atoms with Crippen LogP contribution in [0.5, 0.6) is 0 Å². The standard InChI is InChI=1S/C30H36F2N8O4S/c1-38-9-11-39(12-10-38)22-4-5-24(27(16-22)34-29(41)19-3-2-7-33-17-19)30(42)35-28-25-18-40(8-6-26(25)36-37-28)45(43,44)23-14-20(31)13-21(32)15-23/h4-5,13-16,19,33H,2-3,6-12,17-18H2,1H3,(H,34,41)(H2,35,36,37,42). The van der Waals surface area contributed by atoms with Gasteiger partial charge in [0.05, 0.1) is 22.1 Å². The summed E-state index contributed by atoms with van der Waals surface area (Å²) >= 11 is 0. The molecule has 45 heavy (non-hydrogen) atoms. The van der Waals surface area contributed by atoms with Crippen molar-refractivity contribution in [2.24, 2.45) is 5.92 Å². The van der Waals surface area contributed by atoms with Crippen molar-refractivity contribution < 1.29 is 26.8 Å². The maximum atomic E-state index is 13.8. The molecule has 3 aliphatic heterocycles. The number of aromatic nitrogens is 2. The van der Waals surface area contributed by atoms with E-state index < -0.39 is 32.5 Å². The molecule has 4 heterocycles. The number of halogens is 2. The van der Waals surface area contributed by atoms with Crippen molar-refractivity contribution in [2.45, 2.75) is 30.7 Å². The molecule has 3 aromatic rings. The normalized spacial score (nSPS) is 19.6. The fourth-order valence-corrected chi connectivity index (χ4v) is 7.44. The molecule has 1 aromatic heterocycles. The number of hydrogen-bond donors (Lipinski definition) is 4. The predicted molar refractivity (Wildman–Crippen MR) is 165 cm³/mol. The molecule has 0 bridgehead atoms. The number of piperidine rings is 1. The molecule has 1 unspecified atom stereocenters. The minimum absolute atomic E-state index is 0.0585. The van der Waals surface area contributed by atoms with Gasteiger partial charge in [-0.05, 0) is 56.8 Å². The lowest BCUT2D eigenvalue weighted by Gasteiger charge is -2.34. The van der Waals surface area contributed by atoms with Gasteiger partial charge in [0.1, 0.15) is 11.6 Å². The van der Waals surface area contributed by atoms with Crippen LogP contribution < -0.4 is 20.9 Å². The van der Waals surface area contributed by atoms with E-state index in [0.29, 0.717) is 29.6 Å². The second kappa shape index (κ2) is 12.8. The zero-order valence-corrected chi connectivity index (χ0v) is 25.7. The van der Waals surface area contributed by atoms with Crippen molar-refractivity contribution >= 4 is 39.0 Å². The van der Waals surface area contributed by atoms with Crippen molar-refractivity contribution in [2.75, 3.05) is 68.4 Å². The van der Waals surface area contributed by atoms with Crippen LogP contribution in [0.1, 0.15) is 34.5 Å². The van der Waals surface area contributed by atoms with E-state index in [1.807, 2.05) is 12.1 Å². The molecule has 12 nitrogen and oxygen atoms in total. The lowest BCUT2D eigenvalue weighted by molar-refractivity contribution is -0.120. The molecule has 0 saturated carbocycles. The molecule has 15 heteroatoms. The molecular formula is C30H36F2N8O4S. The zero-order valence-electron chi connectivity index (χ0n) is 24.9. The van der Waals surface area contributed by atoms with Gasteiger partial charge in [-0.15, -0.1) is 0 Å². The molecule has 2 aromatic carbocycles. The first-order chi connectivity index (χ1) is 21.6. The monoisotopic (exact) mass is 642 g/mol. The quantitative estimate of drug-likeness (QED) is 0.308. The summed E-state index contributed by atoms with van der Waals surface area (Å²) in [6, 6.07) is 7.50. The molecule has 0 spiro atoms. The third-order valence-corrected chi connectivity index (χ3v) is 10.5. The Morgan fingerprint density at radius 1 is 1.00 bits per heavy atom. The Morgan fingerprint density at radius 2 is 1.76 bits per heavy atom. The number of piperazine rings is 1. The number of amides is 2. The number of benzene rings is 2. The number of hydrogen-bond acceptors (Lipinski definition) is 8. The summed E-state index contributed by atoms with van der Waals surface area (Å²) < 4.78 is 55.3. The molecule has 2 amide bonds. The number of likely N-dealkylation sites (N-methyl/N-ethyl adjacent to an activating group) is 1. The van der Waals surface area contributed by atoms with E-state index in [4.69, 9.17) is 0 Å². The smallest absolute Gasteiger partial charge is 0.258 e. The van der Waals surface area contributed by atoms with Gasteiger partial charge in [-0.2, -0.15) is 9.40 Å². The predicted octanol–water partition coefficient (Wildman–Crippen LogP) is 2.38. The Kier molecular flexibility index (Phi) is 8.86. The highest BCUT2D eigenvalue weighted by molar-refractivity contribution is 7.89. The number of fused-ring (bicyclic) bond motifs is 1. The number of carbonyl (C=O) groups is 2. The van der Waals surface area contributed by atoms with E-state index in [1.54, 1.807) is 6.07 Å². The van der Waals surface area contributed by atoms with Crippen LogP contribution in [0.2, 0.25) is 0 Å². The third-order valence-electron chi connectivity index (χ3n) is 8.65. The van der Waals surface area contributed by atoms with Gasteiger partial charge >= 0.3 is 0 Å². The number of anilines is 3. The Hall–Kier alpha value is -3.92. The van der Waals surface area contributed by atoms with Crippen molar-refractivity contribution in [3.63, 3.8) is 0 Å². The number of rotatable bonds is 7. The number of nitrogens with zero attached hydrogens (tertiary/aromatic N) is 4. The van der Waals surface area contributed by atoms with Crippen molar-refractivity contribution in [1.82, 2.24) is 24.7 Å². The Balaban J connectivity index is 1.24. The highest BCUT2D eigenvalue weighted by Gasteiger charge is 2.33. The summed E-state index contributed by atoms with van der Waals surface area (Å²) in [7, 11) is -2.17. The van der Waals surface area contributed by atoms with Crippen molar-refractivity contribution in [3.8, 4) is 0 Å². The van der Waals surface area contributed by atoms with Crippen LogP contribution in [-0.4, -0.2) is 92.5 Å². The molecule has 0 aliphatic carbocycles. The molecule has 2 saturated heterocycles. The molecular weight excluding hydrogens is 606 g/mol. The molecule has 240 valence electrons. The van der Waals surface area contributed by atoms with Crippen LogP contribution in [0.15, 0.2) is 41.3 Å². The number of H-pyrrole nitrogens is 1. The first kappa shape index (κ1) is 31.1. The van der Waals surface area contributed by atoms with E-state index in [-0.39, 0.29) is 42.7 Å². The Morgan fingerprint density at radius 3 is 2.47 bits per heavy atom. The highest BCUT2D eigenvalue weighted by Crippen LogP contribution is 2.31. The minimum atomic E-state index is -4.24. The molecule has 3 aliphatic rings. The summed E-state index contributed by atoms with van der Waals surface area (Å²) in [5.74, 6) is -2.78. The van der Waals surface area contributed by atoms with E-state index in [9.17, 15) is 26.8 Å². The number of nitrogens with one attached hydrogen (secondary N) is 4. The van der Waals surface area contributed by atoms with E-state index in [1.165, 1.54) is 0 Å². The van der Waals surface area contributed by atoms with Crippen LogP contribution in [0, 0.1) is 17.6 Å². The fraction of sp³-hybridized carbons (Fsp3) is 0.433. The van der Waals surface area contributed by atoms with Gasteiger partial charge < -0.3 is 25.8 Å². The third kappa shape index (κ3) is 6.71. The molecule has 6 rings (SSSR count). The lowest BCUT2D eigenvalue weighted by Crippen LogP contribution is -2.44. The van der Waals surface area contributed by atoms with Crippen LogP contribution in [0.3, 0.4) is 0 Å². The van der Waals surface area contributed by atoms with E-state index >= 15 is 0 Å². The molecule has 0 radical (unpaired) electrons. The first-order valence-corrected chi connectivity index (χ1v) is 16.5. The second-order valence-corrected chi connectivity index (χ2v) is 13.7. The number of carbonyl (C=O) groups excluding carboxylic acids is 2. The summed E-state index contributed by atoms with van der Waals surface area (Å²) in [4.78, 5) is 30.9. The van der Waals surface area contributed by atoms with Crippen LogP contribution in [0.4, 0.5) is 26.0 Å². The van der Waals surface area contributed by atoms with Crippen molar-refractivity contribution in [1.29, 1.82) is 0 Å². The van der Waals surface area contributed by atoms with Gasteiger partial charge in [-0.3, -0.25) is 14.7 Å². The van der Waals surface area contributed by atoms with Gasteiger partial charge in [0, 0.05) is 75.2 Å². The second-order valence-electron chi connectivity index (χ2n) is 11.7.